The molecule has 3 heteroatoms. The lowest BCUT2D eigenvalue weighted by molar-refractivity contribution is -0.126. The summed E-state index contributed by atoms with van der Waals surface area (Å²) in [4.78, 5) is 11.7. The summed E-state index contributed by atoms with van der Waals surface area (Å²) in [5, 5.41) is 12.6. The molecule has 1 atom stereocenters. The highest BCUT2D eigenvalue weighted by Gasteiger charge is 2.28. The predicted molar refractivity (Wildman–Crippen MR) is 63.0 cm³/mol. The summed E-state index contributed by atoms with van der Waals surface area (Å²) < 4.78 is 0. The zero-order valence-electron chi connectivity index (χ0n) is 9.23. The Morgan fingerprint density at radius 2 is 1.88 bits per heavy atom. The number of para-hydroxylation sites is 1. The second-order valence-corrected chi connectivity index (χ2v) is 4.34. The van der Waals surface area contributed by atoms with Crippen LogP contribution < -0.4 is 5.32 Å². The minimum atomic E-state index is -0.859. The number of anilines is 1. The second kappa shape index (κ2) is 5.12. The van der Waals surface area contributed by atoms with Crippen molar-refractivity contribution in [2.24, 2.45) is 5.92 Å². The smallest absolute Gasteiger partial charge is 0.253 e. The highest BCUT2D eigenvalue weighted by atomic mass is 16.3. The van der Waals surface area contributed by atoms with Crippen molar-refractivity contribution in [1.82, 2.24) is 0 Å². The average molecular weight is 219 g/mol. The third kappa shape index (κ3) is 2.61. The maximum Gasteiger partial charge on any atom is 0.253 e. The van der Waals surface area contributed by atoms with Crippen molar-refractivity contribution in [2.45, 2.75) is 31.8 Å². The van der Waals surface area contributed by atoms with E-state index in [4.69, 9.17) is 0 Å². The van der Waals surface area contributed by atoms with Crippen molar-refractivity contribution in [3.8, 4) is 0 Å². The second-order valence-electron chi connectivity index (χ2n) is 4.34. The Morgan fingerprint density at radius 3 is 2.50 bits per heavy atom. The van der Waals surface area contributed by atoms with Crippen molar-refractivity contribution in [2.75, 3.05) is 5.32 Å². The summed E-state index contributed by atoms with van der Waals surface area (Å²) in [6.07, 6.45) is 3.32. The van der Waals surface area contributed by atoms with E-state index in [0.29, 0.717) is 0 Å². The quantitative estimate of drug-likeness (QED) is 0.818. The number of hydrogen-bond acceptors (Lipinski definition) is 2. The molecule has 1 aromatic carbocycles. The predicted octanol–water partition coefficient (Wildman–Crippen LogP) is 2.18. The third-order valence-electron chi connectivity index (χ3n) is 3.16. The molecule has 1 aromatic rings. The Morgan fingerprint density at radius 1 is 1.25 bits per heavy atom. The monoisotopic (exact) mass is 219 g/mol. The van der Waals surface area contributed by atoms with E-state index < -0.39 is 6.10 Å². The topological polar surface area (TPSA) is 49.3 Å². The van der Waals surface area contributed by atoms with Gasteiger partial charge in [-0.3, -0.25) is 4.79 Å². The fourth-order valence-electron chi connectivity index (χ4n) is 2.22. The van der Waals surface area contributed by atoms with Gasteiger partial charge in [0, 0.05) is 5.69 Å². The number of rotatable bonds is 3. The molecule has 0 radical (unpaired) electrons. The summed E-state index contributed by atoms with van der Waals surface area (Å²) in [7, 11) is 0. The highest BCUT2D eigenvalue weighted by Crippen LogP contribution is 2.28. The molecule has 2 rings (SSSR count). The summed E-state index contributed by atoms with van der Waals surface area (Å²) in [5.74, 6) is -0.137. The number of nitrogens with one attached hydrogen (secondary N) is 1. The van der Waals surface area contributed by atoms with Crippen LogP contribution in [0.15, 0.2) is 30.3 Å². The molecule has 86 valence electrons. The summed E-state index contributed by atoms with van der Waals surface area (Å²) in [6.45, 7) is 0. The molecule has 0 saturated heterocycles. The minimum Gasteiger partial charge on any atom is -0.383 e. The molecule has 1 unspecified atom stereocenters. The zero-order chi connectivity index (χ0) is 11.4. The van der Waals surface area contributed by atoms with Crippen molar-refractivity contribution in [3.63, 3.8) is 0 Å². The molecule has 2 N–H and O–H groups in total. The first kappa shape index (κ1) is 11.1. The molecular weight excluding hydrogens is 202 g/mol. The van der Waals surface area contributed by atoms with Crippen LogP contribution in [0.4, 0.5) is 5.69 Å². The molecule has 0 bridgehead atoms. The van der Waals surface area contributed by atoms with Gasteiger partial charge in [-0.1, -0.05) is 31.0 Å². The number of aliphatic hydroxyl groups excluding tert-OH is 1. The van der Waals surface area contributed by atoms with Gasteiger partial charge in [-0.15, -0.1) is 0 Å². The largest absolute Gasteiger partial charge is 0.383 e. The number of hydrogen-bond donors (Lipinski definition) is 2. The number of carbonyl (C=O) groups is 1. The van der Waals surface area contributed by atoms with Crippen LogP contribution in [-0.2, 0) is 4.79 Å². The standard InChI is InChI=1S/C13H17NO2/c15-12(10-6-4-5-7-10)13(16)14-11-8-2-1-3-9-11/h1-3,8-10,12,15H,4-7H2,(H,14,16). The molecule has 1 aliphatic carbocycles. The fraction of sp³-hybridized carbons (Fsp3) is 0.462. The van der Waals surface area contributed by atoms with E-state index >= 15 is 0 Å². The van der Waals surface area contributed by atoms with Gasteiger partial charge in [-0.05, 0) is 30.9 Å². The Labute approximate surface area is 95.5 Å². The molecule has 1 fully saturated rings. The summed E-state index contributed by atoms with van der Waals surface area (Å²) in [5.41, 5.74) is 0.740. The first-order chi connectivity index (χ1) is 7.77. The zero-order valence-corrected chi connectivity index (χ0v) is 9.23. The Hall–Kier alpha value is -1.35. The van der Waals surface area contributed by atoms with E-state index in [-0.39, 0.29) is 11.8 Å². The lowest BCUT2D eigenvalue weighted by atomic mass is 10.0. The summed E-state index contributed by atoms with van der Waals surface area (Å²) in [6, 6.07) is 9.25. The number of benzene rings is 1. The van der Waals surface area contributed by atoms with Crippen LogP contribution >= 0.6 is 0 Å². The highest BCUT2D eigenvalue weighted by molar-refractivity contribution is 5.94. The van der Waals surface area contributed by atoms with Crippen molar-refractivity contribution < 1.29 is 9.90 Å². The maximum atomic E-state index is 11.7. The summed E-state index contributed by atoms with van der Waals surface area (Å²) >= 11 is 0. The van der Waals surface area contributed by atoms with Gasteiger partial charge in [-0.25, -0.2) is 0 Å². The Balaban J connectivity index is 1.92. The van der Waals surface area contributed by atoms with Crippen LogP contribution in [0.1, 0.15) is 25.7 Å². The molecule has 0 aliphatic heterocycles. The molecule has 1 saturated carbocycles. The van der Waals surface area contributed by atoms with Gasteiger partial charge in [0.05, 0.1) is 0 Å². The lowest BCUT2D eigenvalue weighted by Crippen LogP contribution is -2.33. The molecule has 0 aromatic heterocycles. The van der Waals surface area contributed by atoms with Gasteiger partial charge in [0.15, 0.2) is 0 Å². The number of aliphatic hydroxyl groups is 1. The van der Waals surface area contributed by atoms with E-state index in [1.807, 2.05) is 30.3 Å². The van der Waals surface area contributed by atoms with Crippen LogP contribution in [0.25, 0.3) is 0 Å². The van der Waals surface area contributed by atoms with Gasteiger partial charge in [-0.2, -0.15) is 0 Å². The molecule has 1 amide bonds. The number of carbonyl (C=O) groups excluding carboxylic acids is 1. The molecule has 16 heavy (non-hydrogen) atoms. The van der Waals surface area contributed by atoms with Crippen LogP contribution in [0.5, 0.6) is 0 Å². The molecule has 0 heterocycles. The SMILES string of the molecule is O=C(Nc1ccccc1)C(O)C1CCCC1. The molecule has 1 aliphatic rings. The van der Waals surface area contributed by atoms with Crippen LogP contribution in [0.2, 0.25) is 0 Å². The van der Waals surface area contributed by atoms with Gasteiger partial charge in [0.25, 0.3) is 5.91 Å². The first-order valence-corrected chi connectivity index (χ1v) is 5.81. The van der Waals surface area contributed by atoms with E-state index in [1.54, 1.807) is 0 Å². The van der Waals surface area contributed by atoms with Crippen LogP contribution in [0, 0.1) is 5.92 Å². The van der Waals surface area contributed by atoms with Crippen LogP contribution in [-0.4, -0.2) is 17.1 Å². The van der Waals surface area contributed by atoms with Gasteiger partial charge in [0.1, 0.15) is 6.10 Å². The fourth-order valence-corrected chi connectivity index (χ4v) is 2.22. The van der Waals surface area contributed by atoms with Crippen molar-refractivity contribution >= 4 is 11.6 Å². The first-order valence-electron chi connectivity index (χ1n) is 5.81. The normalized spacial score (nSPS) is 18.3. The van der Waals surface area contributed by atoms with E-state index in [0.717, 1.165) is 31.4 Å². The Bertz CT molecular complexity index is 344. The van der Waals surface area contributed by atoms with Crippen molar-refractivity contribution in [1.29, 1.82) is 0 Å². The maximum absolute atomic E-state index is 11.7. The van der Waals surface area contributed by atoms with Crippen molar-refractivity contribution in [3.05, 3.63) is 30.3 Å². The van der Waals surface area contributed by atoms with Gasteiger partial charge < -0.3 is 10.4 Å². The van der Waals surface area contributed by atoms with Gasteiger partial charge >= 0.3 is 0 Å². The average Bonchev–Trinajstić information content (AvgIpc) is 2.83. The molecular formula is C13H17NO2. The van der Waals surface area contributed by atoms with Crippen LogP contribution in [0.3, 0.4) is 0 Å². The lowest BCUT2D eigenvalue weighted by Gasteiger charge is -2.16. The molecule has 3 nitrogen and oxygen atoms in total. The van der Waals surface area contributed by atoms with Gasteiger partial charge in [0.2, 0.25) is 0 Å². The van der Waals surface area contributed by atoms with E-state index in [1.165, 1.54) is 0 Å². The van der Waals surface area contributed by atoms with E-state index in [9.17, 15) is 9.90 Å². The third-order valence-corrected chi connectivity index (χ3v) is 3.16. The van der Waals surface area contributed by atoms with E-state index in [2.05, 4.69) is 5.32 Å². The number of amides is 1. The molecule has 0 spiro atoms. The minimum absolute atomic E-state index is 0.142. The Kier molecular flexibility index (Phi) is 3.57.